The lowest BCUT2D eigenvalue weighted by molar-refractivity contribution is 0.579. The molecule has 1 aromatic carbocycles. The maximum Gasteiger partial charge on any atom is 0.244 e. The highest BCUT2D eigenvalue weighted by Gasteiger charge is 2.23. The van der Waals surface area contributed by atoms with Crippen LogP contribution in [0.15, 0.2) is 29.2 Å². The summed E-state index contributed by atoms with van der Waals surface area (Å²) in [6, 6.07) is 7.52. The number of aromatic nitrogens is 2. The van der Waals surface area contributed by atoms with E-state index >= 15 is 0 Å². The van der Waals surface area contributed by atoms with E-state index in [1.807, 2.05) is 24.3 Å². The molecule has 0 unspecified atom stereocenters. The largest absolute Gasteiger partial charge is 0.326 e. The molecule has 0 atom stereocenters. The van der Waals surface area contributed by atoms with Crippen molar-refractivity contribution in [3.8, 4) is 0 Å². The normalized spacial score (nSPS) is 11.8. The fraction of sp³-hybridized carbons (Fsp3) is 0.357. The van der Waals surface area contributed by atoms with Crippen molar-refractivity contribution in [1.29, 1.82) is 0 Å². The topological polar surface area (TPSA) is 90.0 Å². The molecule has 0 aliphatic carbocycles. The van der Waals surface area contributed by atoms with Gasteiger partial charge in [0.25, 0.3) is 0 Å². The van der Waals surface area contributed by atoms with Crippen LogP contribution in [0.2, 0.25) is 0 Å². The summed E-state index contributed by atoms with van der Waals surface area (Å²) < 4.78 is 29.0. The maximum atomic E-state index is 12.4. The number of nitrogens with one attached hydrogen (secondary N) is 1. The molecule has 6 nitrogen and oxygen atoms in total. The number of nitrogens with zero attached hydrogens (tertiary/aromatic N) is 2. The Balaban J connectivity index is 2.17. The zero-order chi connectivity index (χ0) is 15.6. The number of hydrogen-bond acceptors (Lipinski definition) is 4. The smallest absolute Gasteiger partial charge is 0.244 e. The highest BCUT2D eigenvalue weighted by atomic mass is 32.2. The number of hydrogen-bond donors (Lipinski definition) is 2. The second-order valence-corrected chi connectivity index (χ2v) is 6.67. The van der Waals surface area contributed by atoms with Gasteiger partial charge in [0.05, 0.1) is 11.4 Å². The van der Waals surface area contributed by atoms with Gasteiger partial charge in [-0.05, 0) is 25.0 Å². The maximum absolute atomic E-state index is 12.4. The first-order valence-electron chi connectivity index (χ1n) is 6.63. The molecule has 21 heavy (non-hydrogen) atoms. The van der Waals surface area contributed by atoms with Crippen LogP contribution in [-0.4, -0.2) is 18.2 Å². The van der Waals surface area contributed by atoms with Crippen LogP contribution < -0.4 is 10.5 Å². The molecular weight excluding hydrogens is 288 g/mol. The Kier molecular flexibility index (Phi) is 4.46. The van der Waals surface area contributed by atoms with Crippen molar-refractivity contribution in [1.82, 2.24) is 14.5 Å². The van der Waals surface area contributed by atoms with Gasteiger partial charge in [-0.2, -0.15) is 5.10 Å². The molecule has 2 rings (SSSR count). The van der Waals surface area contributed by atoms with Gasteiger partial charge in [0.15, 0.2) is 0 Å². The van der Waals surface area contributed by atoms with E-state index in [2.05, 4.69) is 9.82 Å². The highest BCUT2D eigenvalue weighted by Crippen LogP contribution is 2.18. The Hall–Kier alpha value is -1.70. The van der Waals surface area contributed by atoms with E-state index in [-0.39, 0.29) is 11.4 Å². The van der Waals surface area contributed by atoms with Gasteiger partial charge in [-0.1, -0.05) is 24.3 Å². The summed E-state index contributed by atoms with van der Waals surface area (Å²) in [7, 11) is -1.84. The van der Waals surface area contributed by atoms with Crippen LogP contribution in [0.1, 0.15) is 22.5 Å². The van der Waals surface area contributed by atoms with Gasteiger partial charge in [-0.25, -0.2) is 13.1 Å². The third-order valence-electron chi connectivity index (χ3n) is 3.44. The Morgan fingerprint density at radius 1 is 1.19 bits per heavy atom. The zero-order valence-corrected chi connectivity index (χ0v) is 13.2. The minimum absolute atomic E-state index is 0.237. The lowest BCUT2D eigenvalue weighted by Crippen LogP contribution is -2.24. The predicted octanol–water partition coefficient (Wildman–Crippen LogP) is 0.974. The Morgan fingerprint density at radius 2 is 1.76 bits per heavy atom. The van der Waals surface area contributed by atoms with Crippen molar-refractivity contribution in [3.05, 3.63) is 46.8 Å². The van der Waals surface area contributed by atoms with Crippen LogP contribution in [0.25, 0.3) is 0 Å². The van der Waals surface area contributed by atoms with Crippen molar-refractivity contribution in [2.75, 3.05) is 0 Å². The number of nitrogens with two attached hydrogens (primary N) is 1. The van der Waals surface area contributed by atoms with Crippen LogP contribution in [0, 0.1) is 13.8 Å². The molecule has 0 radical (unpaired) electrons. The second kappa shape index (κ2) is 5.97. The number of benzene rings is 1. The molecular formula is C14H20N4O2S. The van der Waals surface area contributed by atoms with Crippen LogP contribution in [0.5, 0.6) is 0 Å². The standard InChI is InChI=1S/C14H20N4O2S/c1-10-14(11(2)18(3)17-10)21(19,20)16-9-13-6-4-12(8-15)5-7-13/h4-7,16H,8-9,15H2,1-3H3. The van der Waals surface area contributed by atoms with Crippen molar-refractivity contribution >= 4 is 10.0 Å². The summed E-state index contributed by atoms with van der Waals surface area (Å²) in [6.07, 6.45) is 0. The van der Waals surface area contributed by atoms with Gasteiger partial charge in [-0.15, -0.1) is 0 Å². The summed E-state index contributed by atoms with van der Waals surface area (Å²) in [5.41, 5.74) is 8.56. The Labute approximate surface area is 125 Å². The van der Waals surface area contributed by atoms with Gasteiger partial charge < -0.3 is 5.73 Å². The van der Waals surface area contributed by atoms with E-state index in [0.717, 1.165) is 11.1 Å². The minimum atomic E-state index is -3.57. The predicted molar refractivity (Wildman–Crippen MR) is 81.0 cm³/mol. The molecule has 0 amide bonds. The number of aryl methyl sites for hydroxylation is 2. The number of rotatable bonds is 5. The van der Waals surface area contributed by atoms with Gasteiger partial charge in [0.2, 0.25) is 10.0 Å². The summed E-state index contributed by atoms with van der Waals surface area (Å²) in [6.45, 7) is 4.14. The second-order valence-electron chi connectivity index (χ2n) is 4.97. The molecule has 1 heterocycles. The van der Waals surface area contributed by atoms with Crippen LogP contribution in [0.3, 0.4) is 0 Å². The van der Waals surface area contributed by atoms with Crippen LogP contribution in [0.4, 0.5) is 0 Å². The average molecular weight is 308 g/mol. The summed E-state index contributed by atoms with van der Waals surface area (Å²) in [4.78, 5) is 0.253. The molecule has 0 saturated carbocycles. The van der Waals surface area contributed by atoms with E-state index in [0.29, 0.717) is 17.9 Å². The van der Waals surface area contributed by atoms with Gasteiger partial charge in [0, 0.05) is 20.1 Å². The summed E-state index contributed by atoms with van der Waals surface area (Å²) in [5, 5.41) is 4.14. The molecule has 2 aromatic rings. The van der Waals surface area contributed by atoms with Crippen LogP contribution >= 0.6 is 0 Å². The molecule has 0 aliphatic rings. The Bertz CT molecular complexity index is 733. The summed E-state index contributed by atoms with van der Waals surface area (Å²) >= 11 is 0. The third kappa shape index (κ3) is 3.31. The first-order valence-corrected chi connectivity index (χ1v) is 8.11. The number of sulfonamides is 1. The van der Waals surface area contributed by atoms with E-state index in [1.165, 1.54) is 0 Å². The van der Waals surface area contributed by atoms with E-state index < -0.39 is 10.0 Å². The molecule has 0 fully saturated rings. The van der Waals surface area contributed by atoms with Gasteiger partial charge in [-0.3, -0.25) is 4.68 Å². The van der Waals surface area contributed by atoms with Crippen LogP contribution in [-0.2, 0) is 30.2 Å². The monoisotopic (exact) mass is 308 g/mol. The fourth-order valence-corrected chi connectivity index (χ4v) is 3.64. The van der Waals surface area contributed by atoms with E-state index in [4.69, 9.17) is 5.73 Å². The van der Waals surface area contributed by atoms with Crippen molar-refractivity contribution in [2.45, 2.75) is 31.8 Å². The van der Waals surface area contributed by atoms with Gasteiger partial charge >= 0.3 is 0 Å². The molecule has 114 valence electrons. The fourth-order valence-electron chi connectivity index (χ4n) is 2.19. The zero-order valence-electron chi connectivity index (χ0n) is 12.4. The van der Waals surface area contributed by atoms with E-state index in [9.17, 15) is 8.42 Å². The first-order chi connectivity index (χ1) is 9.85. The van der Waals surface area contributed by atoms with Gasteiger partial charge in [0.1, 0.15) is 4.90 Å². The molecule has 3 N–H and O–H groups in total. The molecule has 0 aliphatic heterocycles. The molecule has 1 aromatic heterocycles. The Morgan fingerprint density at radius 3 is 2.24 bits per heavy atom. The van der Waals surface area contributed by atoms with E-state index in [1.54, 1.807) is 25.6 Å². The highest BCUT2D eigenvalue weighted by molar-refractivity contribution is 7.89. The SMILES string of the molecule is Cc1nn(C)c(C)c1S(=O)(=O)NCc1ccc(CN)cc1. The minimum Gasteiger partial charge on any atom is -0.326 e. The summed E-state index contributed by atoms with van der Waals surface area (Å²) in [5.74, 6) is 0. The van der Waals surface area contributed by atoms with Crippen molar-refractivity contribution in [3.63, 3.8) is 0 Å². The van der Waals surface area contributed by atoms with Crippen molar-refractivity contribution in [2.24, 2.45) is 12.8 Å². The third-order valence-corrected chi connectivity index (χ3v) is 5.09. The average Bonchev–Trinajstić information content (AvgIpc) is 2.71. The van der Waals surface area contributed by atoms with Crippen molar-refractivity contribution < 1.29 is 8.42 Å². The quantitative estimate of drug-likeness (QED) is 0.861. The molecule has 0 bridgehead atoms. The lowest BCUT2D eigenvalue weighted by atomic mass is 10.1. The lowest BCUT2D eigenvalue weighted by Gasteiger charge is -2.08. The first kappa shape index (κ1) is 15.7. The molecule has 0 saturated heterocycles. The molecule has 0 spiro atoms. The molecule has 7 heteroatoms.